The molecule has 0 fully saturated rings. The van der Waals surface area contributed by atoms with E-state index in [-0.39, 0.29) is 31.5 Å². The number of ether oxygens (including phenoxy) is 1. The highest BCUT2D eigenvalue weighted by molar-refractivity contribution is 5.97. The Morgan fingerprint density at radius 3 is 2.58 bits per heavy atom. The number of carboxylic acids is 1. The number of fused-ring (bicyclic) bond motifs is 1. The Morgan fingerprint density at radius 1 is 1.27 bits per heavy atom. The topological polar surface area (TPSA) is 117 Å². The maximum absolute atomic E-state index is 13.8. The number of aromatic hydroxyl groups is 1. The third-order valence-corrected chi connectivity index (χ3v) is 3.57. The number of hydrogen-bond acceptors (Lipinski definition) is 6. The number of nitrogens with zero attached hydrogens (tertiary/aromatic N) is 1. The first-order valence-corrected chi connectivity index (χ1v) is 7.41. The Labute approximate surface area is 145 Å². The molecule has 10 heteroatoms. The van der Waals surface area contributed by atoms with Crippen LogP contribution in [0.15, 0.2) is 21.3 Å². The number of carbonyl (C=O) groups is 2. The molecule has 2 rings (SSSR count). The van der Waals surface area contributed by atoms with Crippen molar-refractivity contribution in [3.63, 3.8) is 0 Å². The van der Waals surface area contributed by atoms with Gasteiger partial charge in [0.1, 0.15) is 5.56 Å². The maximum atomic E-state index is 13.8. The van der Waals surface area contributed by atoms with Gasteiger partial charge in [-0.1, -0.05) is 0 Å². The van der Waals surface area contributed by atoms with E-state index in [0.717, 1.165) is 11.0 Å². The number of amides is 1. The van der Waals surface area contributed by atoms with Crippen LogP contribution in [0.2, 0.25) is 0 Å². The molecule has 0 unspecified atom stereocenters. The van der Waals surface area contributed by atoms with Gasteiger partial charge in [0.15, 0.2) is 17.1 Å². The number of aliphatic carboxylic acids is 1. The molecule has 8 nitrogen and oxygen atoms in total. The van der Waals surface area contributed by atoms with Crippen molar-refractivity contribution in [2.75, 3.05) is 26.8 Å². The van der Waals surface area contributed by atoms with Gasteiger partial charge in [0.25, 0.3) is 5.91 Å². The van der Waals surface area contributed by atoms with Crippen LogP contribution in [0.1, 0.15) is 16.8 Å². The summed E-state index contributed by atoms with van der Waals surface area (Å²) in [5, 5.41) is 17.7. The number of rotatable bonds is 7. The van der Waals surface area contributed by atoms with Gasteiger partial charge in [-0.25, -0.2) is 9.18 Å². The predicted octanol–water partition coefficient (Wildman–Crippen LogP) is 1.34. The first-order valence-electron chi connectivity index (χ1n) is 7.41. The normalized spacial score (nSPS) is 10.9. The molecule has 0 saturated carbocycles. The molecule has 140 valence electrons. The quantitative estimate of drug-likeness (QED) is 0.705. The van der Waals surface area contributed by atoms with Gasteiger partial charge in [-0.2, -0.15) is 4.39 Å². The van der Waals surface area contributed by atoms with E-state index < -0.39 is 46.0 Å². The first-order chi connectivity index (χ1) is 12.3. The molecule has 0 aliphatic carbocycles. The highest BCUT2D eigenvalue weighted by atomic mass is 19.1. The van der Waals surface area contributed by atoms with E-state index in [0.29, 0.717) is 6.07 Å². The van der Waals surface area contributed by atoms with Crippen LogP contribution in [0, 0.1) is 11.6 Å². The van der Waals surface area contributed by atoms with E-state index in [4.69, 9.17) is 14.3 Å². The van der Waals surface area contributed by atoms with Crippen molar-refractivity contribution in [1.82, 2.24) is 4.90 Å². The van der Waals surface area contributed by atoms with Crippen molar-refractivity contribution in [1.29, 1.82) is 0 Å². The van der Waals surface area contributed by atoms with Gasteiger partial charge >= 0.3 is 11.6 Å². The zero-order valence-corrected chi connectivity index (χ0v) is 13.6. The smallest absolute Gasteiger partial charge is 0.349 e. The van der Waals surface area contributed by atoms with E-state index >= 15 is 0 Å². The molecule has 1 aromatic heterocycles. The average molecular weight is 371 g/mol. The van der Waals surface area contributed by atoms with E-state index in [1.54, 1.807) is 0 Å². The molecule has 2 N–H and O–H groups in total. The number of carbonyl (C=O) groups excluding carboxylic acids is 1. The fourth-order valence-electron chi connectivity index (χ4n) is 2.25. The second-order valence-corrected chi connectivity index (χ2v) is 5.32. The zero-order chi connectivity index (χ0) is 19.4. The summed E-state index contributed by atoms with van der Waals surface area (Å²) < 4.78 is 36.8. The van der Waals surface area contributed by atoms with E-state index in [9.17, 15) is 28.3 Å². The monoisotopic (exact) mass is 371 g/mol. The summed E-state index contributed by atoms with van der Waals surface area (Å²) in [6, 6.07) is 1.64. The molecule has 0 bridgehead atoms. The summed E-state index contributed by atoms with van der Waals surface area (Å²) in [7, 11) is 1.38. The lowest BCUT2D eigenvalue weighted by Gasteiger charge is -2.21. The summed E-state index contributed by atoms with van der Waals surface area (Å²) in [5.74, 6) is -6.07. The Kier molecular flexibility index (Phi) is 5.88. The van der Waals surface area contributed by atoms with Crippen LogP contribution in [0.5, 0.6) is 5.75 Å². The van der Waals surface area contributed by atoms with Gasteiger partial charge < -0.3 is 24.3 Å². The van der Waals surface area contributed by atoms with Crippen LogP contribution >= 0.6 is 0 Å². The molecule has 26 heavy (non-hydrogen) atoms. The number of halogens is 2. The Morgan fingerprint density at radius 2 is 1.96 bits per heavy atom. The second-order valence-electron chi connectivity index (χ2n) is 5.32. The van der Waals surface area contributed by atoms with Crippen LogP contribution in [0.25, 0.3) is 11.0 Å². The molecule has 1 heterocycles. The summed E-state index contributed by atoms with van der Waals surface area (Å²) >= 11 is 0. The number of phenols is 1. The van der Waals surface area contributed by atoms with Crippen molar-refractivity contribution in [2.24, 2.45) is 0 Å². The van der Waals surface area contributed by atoms with Crippen molar-refractivity contribution >= 4 is 22.8 Å². The van der Waals surface area contributed by atoms with E-state index in [2.05, 4.69) is 0 Å². The van der Waals surface area contributed by atoms with Gasteiger partial charge in [0.05, 0.1) is 13.0 Å². The van der Waals surface area contributed by atoms with E-state index in [1.807, 2.05) is 0 Å². The van der Waals surface area contributed by atoms with Crippen molar-refractivity contribution < 1.29 is 37.7 Å². The van der Waals surface area contributed by atoms with Gasteiger partial charge in [-0.3, -0.25) is 9.59 Å². The predicted molar refractivity (Wildman–Crippen MR) is 84.1 cm³/mol. The fraction of sp³-hybridized carbons (Fsp3) is 0.312. The zero-order valence-electron chi connectivity index (χ0n) is 13.6. The average Bonchev–Trinajstić information content (AvgIpc) is 2.59. The summed E-state index contributed by atoms with van der Waals surface area (Å²) in [6.45, 7) is -0.118. The number of hydrogen-bond donors (Lipinski definition) is 2. The molecular weight excluding hydrogens is 356 g/mol. The Balaban J connectivity index is 2.47. The van der Waals surface area contributed by atoms with Crippen LogP contribution in [0.3, 0.4) is 0 Å². The molecular formula is C16H15F2NO7. The number of methoxy groups -OCH3 is 1. The minimum absolute atomic E-state index is 0.00160. The number of phenolic OH excluding ortho intramolecular Hbond substituents is 1. The van der Waals surface area contributed by atoms with Crippen molar-refractivity contribution in [2.45, 2.75) is 6.42 Å². The van der Waals surface area contributed by atoms with Crippen molar-refractivity contribution in [3.8, 4) is 5.75 Å². The molecule has 1 amide bonds. The second kappa shape index (κ2) is 7.91. The molecule has 0 aliphatic rings. The summed E-state index contributed by atoms with van der Waals surface area (Å²) in [5.41, 5.74) is -2.42. The standard InChI is InChI=1S/C16H15F2NO7/c1-25-5-4-19(3-2-11(20)21)15(23)9-6-8-7-10(17)13(22)12(18)14(8)26-16(9)24/h6-7,22H,2-5H2,1H3,(H,20,21). The van der Waals surface area contributed by atoms with Gasteiger partial charge in [0.2, 0.25) is 5.82 Å². The SMILES string of the molecule is COCCN(CCC(=O)O)C(=O)c1cc2cc(F)c(O)c(F)c2oc1=O. The lowest BCUT2D eigenvalue weighted by molar-refractivity contribution is -0.137. The Hall–Kier alpha value is -3.01. The summed E-state index contributed by atoms with van der Waals surface area (Å²) in [4.78, 5) is 36.4. The highest BCUT2D eigenvalue weighted by Crippen LogP contribution is 2.28. The molecule has 0 atom stereocenters. The number of carboxylic acid groups (broad SMARTS) is 1. The van der Waals surface area contributed by atoms with Crippen LogP contribution < -0.4 is 5.63 Å². The molecule has 0 radical (unpaired) electrons. The van der Waals surface area contributed by atoms with Crippen LogP contribution in [-0.2, 0) is 9.53 Å². The van der Waals surface area contributed by atoms with Crippen LogP contribution in [-0.4, -0.2) is 53.8 Å². The maximum Gasteiger partial charge on any atom is 0.349 e. The third-order valence-electron chi connectivity index (χ3n) is 3.57. The van der Waals surface area contributed by atoms with Gasteiger partial charge in [0, 0.05) is 25.6 Å². The largest absolute Gasteiger partial charge is 0.503 e. The molecule has 0 saturated heterocycles. The third kappa shape index (κ3) is 3.97. The van der Waals surface area contributed by atoms with Gasteiger partial charge in [-0.15, -0.1) is 0 Å². The van der Waals surface area contributed by atoms with Gasteiger partial charge in [-0.05, 0) is 12.1 Å². The molecule has 0 spiro atoms. The molecule has 1 aromatic carbocycles. The molecule has 2 aromatic rings. The van der Waals surface area contributed by atoms with Crippen LogP contribution in [0.4, 0.5) is 8.78 Å². The lowest BCUT2D eigenvalue weighted by atomic mass is 10.1. The first kappa shape index (κ1) is 19.3. The highest BCUT2D eigenvalue weighted by Gasteiger charge is 2.23. The lowest BCUT2D eigenvalue weighted by Crippen LogP contribution is -2.37. The molecule has 0 aliphatic heterocycles. The minimum atomic E-state index is -1.46. The number of benzene rings is 1. The fourth-order valence-corrected chi connectivity index (χ4v) is 2.25. The van der Waals surface area contributed by atoms with Crippen molar-refractivity contribution in [3.05, 3.63) is 39.8 Å². The summed E-state index contributed by atoms with van der Waals surface area (Å²) in [6.07, 6.45) is -0.370. The minimum Gasteiger partial charge on any atom is -0.503 e. The Bertz CT molecular complexity index is 910. The van der Waals surface area contributed by atoms with E-state index in [1.165, 1.54) is 7.11 Å².